The van der Waals surface area contributed by atoms with E-state index in [0.29, 0.717) is 17.2 Å². The molecule has 0 unspecified atom stereocenters. The van der Waals surface area contributed by atoms with Crippen molar-refractivity contribution < 1.29 is 19.8 Å². The van der Waals surface area contributed by atoms with Crippen molar-refractivity contribution in [3.63, 3.8) is 0 Å². The van der Waals surface area contributed by atoms with Crippen molar-refractivity contribution in [2.45, 2.75) is 13.3 Å². The summed E-state index contributed by atoms with van der Waals surface area (Å²) >= 11 is 6.13. The third kappa shape index (κ3) is 5.44. The second-order valence-corrected chi connectivity index (χ2v) is 7.28. The number of halogens is 1. The van der Waals surface area contributed by atoms with Crippen LogP contribution in [0.3, 0.4) is 0 Å². The second-order valence-electron chi connectivity index (χ2n) is 6.84. The number of carboxylic acid groups (broad SMARTS) is 2. The maximum absolute atomic E-state index is 9.55. The molecular weight excluding hydrogens is 430 g/mol. The Balaban J connectivity index is 0.000000312. The van der Waals surface area contributed by atoms with Crippen LogP contribution in [-0.2, 0) is 9.59 Å². The fraction of sp³-hybridized carbons (Fsp3) is 0.125. The van der Waals surface area contributed by atoms with Gasteiger partial charge in [0.25, 0.3) is 0 Å². The summed E-state index contributed by atoms with van der Waals surface area (Å²) in [7, 11) is 0. The minimum absolute atomic E-state index is 0.558. The Bertz CT molecular complexity index is 1270. The number of aromatic nitrogens is 2. The van der Waals surface area contributed by atoms with E-state index >= 15 is 0 Å². The highest BCUT2D eigenvalue weighted by Gasteiger charge is 2.14. The van der Waals surface area contributed by atoms with Gasteiger partial charge in [-0.1, -0.05) is 36.7 Å². The summed E-state index contributed by atoms with van der Waals surface area (Å²) in [5, 5.41) is 21.0. The number of nitrogens with zero attached hydrogens (tertiary/aromatic N) is 3. The van der Waals surface area contributed by atoms with Crippen LogP contribution >= 0.6 is 11.6 Å². The van der Waals surface area contributed by atoms with E-state index in [2.05, 4.69) is 64.2 Å². The van der Waals surface area contributed by atoms with Gasteiger partial charge in [0.2, 0.25) is 0 Å². The smallest absolute Gasteiger partial charge is 0.328 e. The number of aliphatic carboxylic acids is 2. The van der Waals surface area contributed by atoms with Crippen molar-refractivity contribution in [3.05, 3.63) is 84.2 Å². The predicted molar refractivity (Wildman–Crippen MR) is 126 cm³/mol. The van der Waals surface area contributed by atoms with Crippen molar-refractivity contribution in [1.82, 2.24) is 9.66 Å². The molecule has 164 valence electrons. The fourth-order valence-electron chi connectivity index (χ4n) is 3.31. The lowest BCUT2D eigenvalue weighted by atomic mass is 10.2. The first-order valence-electron chi connectivity index (χ1n) is 9.93. The molecule has 0 fully saturated rings. The van der Waals surface area contributed by atoms with Crippen LogP contribution in [0.15, 0.2) is 79.1 Å². The van der Waals surface area contributed by atoms with Crippen molar-refractivity contribution in [3.8, 4) is 0 Å². The van der Waals surface area contributed by atoms with Crippen LogP contribution in [0.2, 0.25) is 5.02 Å². The summed E-state index contributed by atoms with van der Waals surface area (Å²) < 4.78 is 2.22. The van der Waals surface area contributed by atoms with E-state index in [9.17, 15) is 9.59 Å². The van der Waals surface area contributed by atoms with Gasteiger partial charge in [-0.3, -0.25) is 14.7 Å². The molecule has 0 saturated heterocycles. The van der Waals surface area contributed by atoms with E-state index in [0.717, 1.165) is 29.6 Å². The molecule has 2 aromatic heterocycles. The SMILES string of the molecule is CCCN(c1ccnc2cc(Cl)ccc12)n1ccc2ccccc21.O=C(O)/C=C\C(=O)O. The lowest BCUT2D eigenvalue weighted by Gasteiger charge is -2.27. The van der Waals surface area contributed by atoms with Gasteiger partial charge in [-0.15, -0.1) is 0 Å². The predicted octanol–water partition coefficient (Wildman–Crippen LogP) is 5.23. The van der Waals surface area contributed by atoms with Gasteiger partial charge >= 0.3 is 11.9 Å². The van der Waals surface area contributed by atoms with Gasteiger partial charge in [-0.2, -0.15) is 0 Å². The molecule has 7 nitrogen and oxygen atoms in total. The summed E-state index contributed by atoms with van der Waals surface area (Å²) in [5.74, 6) is -2.51. The molecule has 4 aromatic rings. The van der Waals surface area contributed by atoms with E-state index in [1.807, 2.05) is 24.4 Å². The van der Waals surface area contributed by atoms with E-state index in [1.54, 1.807) is 0 Å². The largest absolute Gasteiger partial charge is 0.478 e. The molecule has 0 aliphatic heterocycles. The maximum atomic E-state index is 9.55. The first-order valence-corrected chi connectivity index (χ1v) is 10.3. The van der Waals surface area contributed by atoms with Crippen LogP contribution in [0.4, 0.5) is 5.69 Å². The molecule has 0 bridgehead atoms. The lowest BCUT2D eigenvalue weighted by Crippen LogP contribution is -2.29. The zero-order chi connectivity index (χ0) is 23.1. The molecule has 2 N–H and O–H groups in total. The van der Waals surface area contributed by atoms with Crippen molar-refractivity contribution in [1.29, 1.82) is 0 Å². The molecule has 32 heavy (non-hydrogen) atoms. The molecule has 0 aliphatic rings. The molecule has 4 rings (SSSR count). The number of carbonyl (C=O) groups is 2. The summed E-state index contributed by atoms with van der Waals surface area (Å²) in [5.41, 5.74) is 3.25. The number of rotatable bonds is 6. The molecule has 0 saturated carbocycles. The van der Waals surface area contributed by atoms with Crippen molar-refractivity contribution >= 4 is 51.0 Å². The van der Waals surface area contributed by atoms with Gasteiger partial charge in [-0.25, -0.2) is 9.59 Å². The normalized spacial score (nSPS) is 10.8. The van der Waals surface area contributed by atoms with Gasteiger partial charge in [0, 0.05) is 46.9 Å². The van der Waals surface area contributed by atoms with Gasteiger partial charge < -0.3 is 10.2 Å². The molecule has 0 aliphatic carbocycles. The van der Waals surface area contributed by atoms with Crippen molar-refractivity contribution in [2.75, 3.05) is 11.6 Å². The number of hydrogen-bond donors (Lipinski definition) is 2. The van der Waals surface area contributed by atoms with E-state index in [-0.39, 0.29) is 0 Å². The number of carboxylic acids is 2. The number of pyridine rings is 1. The second kappa shape index (κ2) is 10.5. The van der Waals surface area contributed by atoms with E-state index < -0.39 is 11.9 Å². The molecule has 0 amide bonds. The number of benzene rings is 2. The topological polar surface area (TPSA) is 95.7 Å². The molecule has 2 aromatic carbocycles. The Morgan fingerprint density at radius 3 is 2.47 bits per heavy atom. The Morgan fingerprint density at radius 2 is 1.78 bits per heavy atom. The zero-order valence-corrected chi connectivity index (χ0v) is 18.1. The monoisotopic (exact) mass is 451 g/mol. The fourth-order valence-corrected chi connectivity index (χ4v) is 3.48. The maximum Gasteiger partial charge on any atom is 0.328 e. The summed E-state index contributed by atoms with van der Waals surface area (Å²) in [6.07, 6.45) is 6.14. The molecule has 0 atom stereocenters. The van der Waals surface area contributed by atoms with Gasteiger partial charge in [0.15, 0.2) is 0 Å². The minimum Gasteiger partial charge on any atom is -0.478 e. The first kappa shape index (κ1) is 22.8. The van der Waals surface area contributed by atoms with Crippen LogP contribution in [0.5, 0.6) is 0 Å². The highest BCUT2D eigenvalue weighted by atomic mass is 35.5. The van der Waals surface area contributed by atoms with Gasteiger partial charge in [0.05, 0.1) is 16.7 Å². The lowest BCUT2D eigenvalue weighted by molar-refractivity contribution is -0.134. The molecule has 0 spiro atoms. The van der Waals surface area contributed by atoms with Crippen LogP contribution in [0.1, 0.15) is 13.3 Å². The molecule has 8 heteroatoms. The quantitative estimate of drug-likeness (QED) is 0.389. The van der Waals surface area contributed by atoms with Gasteiger partial charge in [-0.05, 0) is 42.8 Å². The Kier molecular flexibility index (Phi) is 7.46. The van der Waals surface area contributed by atoms with Crippen LogP contribution in [-0.4, -0.2) is 38.4 Å². The average molecular weight is 452 g/mol. The number of fused-ring (bicyclic) bond motifs is 2. The third-order valence-corrected chi connectivity index (χ3v) is 4.84. The van der Waals surface area contributed by atoms with Crippen molar-refractivity contribution in [2.24, 2.45) is 0 Å². The minimum atomic E-state index is -1.26. The Morgan fingerprint density at radius 1 is 1.06 bits per heavy atom. The third-order valence-electron chi connectivity index (χ3n) is 4.60. The molecule has 2 heterocycles. The average Bonchev–Trinajstić information content (AvgIpc) is 3.20. The van der Waals surface area contributed by atoms with E-state index in [1.165, 1.54) is 10.9 Å². The highest BCUT2D eigenvalue weighted by molar-refractivity contribution is 6.31. The Hall–Kier alpha value is -3.84. The first-order chi connectivity index (χ1) is 15.4. The highest BCUT2D eigenvalue weighted by Crippen LogP contribution is 2.29. The van der Waals surface area contributed by atoms with Crippen LogP contribution in [0.25, 0.3) is 21.8 Å². The number of hydrogen-bond acceptors (Lipinski definition) is 4. The summed E-state index contributed by atoms with van der Waals surface area (Å²) in [6, 6.07) is 18.5. The molecule has 0 radical (unpaired) electrons. The van der Waals surface area contributed by atoms with E-state index in [4.69, 9.17) is 21.8 Å². The summed E-state index contributed by atoms with van der Waals surface area (Å²) in [6.45, 7) is 3.11. The number of anilines is 1. The summed E-state index contributed by atoms with van der Waals surface area (Å²) in [4.78, 5) is 23.6. The number of para-hydroxylation sites is 1. The molecular formula is C24H22ClN3O4. The zero-order valence-electron chi connectivity index (χ0n) is 17.4. The van der Waals surface area contributed by atoms with Gasteiger partial charge in [0.1, 0.15) is 0 Å². The van der Waals surface area contributed by atoms with Crippen LogP contribution < -0.4 is 5.01 Å². The Labute approximate surface area is 189 Å². The standard InChI is InChI=1S/C20H18ClN3.C4H4O4/c1-2-12-23(24-13-10-15-5-3-4-6-19(15)24)20-9-11-22-18-14-16(21)7-8-17(18)20;5-3(6)1-2-4(7)8/h3-11,13-14H,2,12H2,1H3;1-2H,(H,5,6)(H,7,8)/b;2-1-. The van der Waals surface area contributed by atoms with Crippen LogP contribution in [0, 0.1) is 0 Å².